The lowest BCUT2D eigenvalue weighted by molar-refractivity contribution is -0.140. The van der Waals surface area contributed by atoms with Gasteiger partial charge in [-0.15, -0.1) is 0 Å². The van der Waals surface area contributed by atoms with Crippen LogP contribution in [-0.4, -0.2) is 49.1 Å². The van der Waals surface area contributed by atoms with Gasteiger partial charge in [-0.1, -0.05) is 0 Å². The zero-order valence-electron chi connectivity index (χ0n) is 10.7. The Kier molecular flexibility index (Phi) is 3.85. The summed E-state index contributed by atoms with van der Waals surface area (Å²) in [7, 11) is 1.67. The second kappa shape index (κ2) is 5.57. The summed E-state index contributed by atoms with van der Waals surface area (Å²) in [5.41, 5.74) is 0.225. The van der Waals surface area contributed by atoms with Gasteiger partial charge in [0.1, 0.15) is 11.4 Å². The monoisotopic (exact) mass is 278 g/mol. The first-order valence-corrected chi connectivity index (χ1v) is 5.84. The van der Waals surface area contributed by atoms with Crippen LogP contribution in [0.5, 0.6) is 0 Å². The van der Waals surface area contributed by atoms with E-state index in [9.17, 15) is 9.59 Å². The molecule has 8 heteroatoms. The molecule has 3 N–H and O–H groups in total. The van der Waals surface area contributed by atoms with Gasteiger partial charge >= 0.3 is 5.97 Å². The fraction of sp³-hybridized carbons (Fsp3) is 0.250. The molecule has 2 rings (SSSR count). The van der Waals surface area contributed by atoms with Gasteiger partial charge in [0.2, 0.25) is 0 Å². The molecule has 106 valence electrons. The molecular weight excluding hydrogens is 264 g/mol. The molecule has 0 aliphatic carbocycles. The summed E-state index contributed by atoms with van der Waals surface area (Å²) in [5, 5.41) is 24.0. The summed E-state index contributed by atoms with van der Waals surface area (Å²) in [6, 6.07) is 2.24. The van der Waals surface area contributed by atoms with E-state index in [1.807, 2.05) is 0 Å². The van der Waals surface area contributed by atoms with Crippen molar-refractivity contribution in [2.24, 2.45) is 7.05 Å². The highest BCUT2D eigenvalue weighted by molar-refractivity contribution is 5.99. The number of amides is 1. The summed E-state index contributed by atoms with van der Waals surface area (Å²) in [6.07, 6.45) is 4.84. The number of aliphatic hydroxyl groups is 1. The van der Waals surface area contributed by atoms with Gasteiger partial charge in [0.05, 0.1) is 12.8 Å². The smallest absolute Gasteiger partial charge is 0.328 e. The highest BCUT2D eigenvalue weighted by atomic mass is 16.4. The Balaban J connectivity index is 2.30. The maximum absolute atomic E-state index is 12.1. The summed E-state index contributed by atoms with van der Waals surface area (Å²) in [5.74, 6) is -1.40. The number of hydrogen-bond acceptors (Lipinski definition) is 4. The molecule has 0 aliphatic heterocycles. The molecule has 1 amide bonds. The topological polar surface area (TPSA) is 109 Å². The molecule has 2 aromatic rings. The Hall–Kier alpha value is -2.61. The average molecular weight is 278 g/mol. The Morgan fingerprint density at radius 2 is 2.05 bits per heavy atom. The normalized spacial score (nSPS) is 12.1. The molecule has 0 radical (unpaired) electrons. The van der Waals surface area contributed by atoms with Crippen molar-refractivity contribution in [2.45, 2.75) is 6.04 Å². The van der Waals surface area contributed by atoms with Crippen LogP contribution in [0.1, 0.15) is 10.4 Å². The molecule has 20 heavy (non-hydrogen) atoms. The highest BCUT2D eigenvalue weighted by Gasteiger charge is 2.23. The van der Waals surface area contributed by atoms with Crippen molar-refractivity contribution in [1.29, 1.82) is 0 Å². The number of hydrogen-bond donors (Lipinski definition) is 3. The summed E-state index contributed by atoms with van der Waals surface area (Å²) < 4.78 is 3.19. The second-order valence-corrected chi connectivity index (χ2v) is 4.14. The SMILES string of the molecule is Cn1ncc(C(=O)NC(CO)C(=O)O)c1-n1cccc1. The molecule has 0 aliphatic rings. The van der Waals surface area contributed by atoms with Gasteiger partial charge in [-0.3, -0.25) is 9.48 Å². The molecular formula is C12H14N4O4. The molecule has 0 spiro atoms. The van der Waals surface area contributed by atoms with Gasteiger partial charge in [0.15, 0.2) is 6.04 Å². The van der Waals surface area contributed by atoms with Gasteiger partial charge in [-0.25, -0.2) is 4.79 Å². The van der Waals surface area contributed by atoms with Crippen LogP contribution < -0.4 is 5.32 Å². The Bertz CT molecular complexity index is 617. The van der Waals surface area contributed by atoms with Gasteiger partial charge in [-0.05, 0) is 12.1 Å². The van der Waals surface area contributed by atoms with Crippen LogP contribution in [0.3, 0.4) is 0 Å². The lowest BCUT2D eigenvalue weighted by Crippen LogP contribution is -2.43. The maximum Gasteiger partial charge on any atom is 0.328 e. The quantitative estimate of drug-likeness (QED) is 0.675. The average Bonchev–Trinajstić information content (AvgIpc) is 3.03. The molecule has 0 aromatic carbocycles. The predicted molar refractivity (Wildman–Crippen MR) is 68.5 cm³/mol. The Morgan fingerprint density at radius 3 is 2.60 bits per heavy atom. The highest BCUT2D eigenvalue weighted by Crippen LogP contribution is 2.13. The molecule has 2 aromatic heterocycles. The number of carboxylic acids is 1. The Morgan fingerprint density at radius 1 is 1.40 bits per heavy atom. The minimum Gasteiger partial charge on any atom is -0.480 e. The lowest BCUT2D eigenvalue weighted by Gasteiger charge is -2.12. The molecule has 0 fully saturated rings. The number of rotatable bonds is 5. The molecule has 0 bridgehead atoms. The summed E-state index contributed by atoms with van der Waals surface area (Å²) >= 11 is 0. The van der Waals surface area contributed by atoms with E-state index in [1.54, 1.807) is 36.1 Å². The molecule has 2 heterocycles. The van der Waals surface area contributed by atoms with Crippen LogP contribution in [0.2, 0.25) is 0 Å². The van der Waals surface area contributed by atoms with E-state index in [-0.39, 0.29) is 5.56 Å². The Labute approximate surface area is 114 Å². The third-order valence-electron chi connectivity index (χ3n) is 2.79. The van der Waals surface area contributed by atoms with Crippen molar-refractivity contribution in [1.82, 2.24) is 19.7 Å². The number of carboxylic acid groups (broad SMARTS) is 1. The molecule has 8 nitrogen and oxygen atoms in total. The van der Waals surface area contributed by atoms with E-state index >= 15 is 0 Å². The standard InChI is InChI=1S/C12H14N4O4/c1-15-11(16-4-2-3-5-16)8(6-13-15)10(18)14-9(7-17)12(19)20/h2-6,9,17H,7H2,1H3,(H,14,18)(H,19,20). The summed E-state index contributed by atoms with van der Waals surface area (Å²) in [6.45, 7) is -0.680. The van der Waals surface area contributed by atoms with Crippen LogP contribution in [0, 0.1) is 0 Å². The first kappa shape index (κ1) is 13.8. The number of aromatic nitrogens is 3. The van der Waals surface area contributed by atoms with Gasteiger partial charge < -0.3 is 20.1 Å². The number of aliphatic hydroxyl groups excluding tert-OH is 1. The fourth-order valence-electron chi connectivity index (χ4n) is 1.79. The van der Waals surface area contributed by atoms with Crippen LogP contribution >= 0.6 is 0 Å². The first-order chi connectivity index (χ1) is 9.54. The zero-order valence-corrected chi connectivity index (χ0v) is 10.7. The van der Waals surface area contributed by atoms with E-state index < -0.39 is 24.5 Å². The van der Waals surface area contributed by atoms with Crippen LogP contribution in [-0.2, 0) is 11.8 Å². The number of aryl methyl sites for hydroxylation is 1. The second-order valence-electron chi connectivity index (χ2n) is 4.14. The summed E-state index contributed by atoms with van der Waals surface area (Å²) in [4.78, 5) is 22.9. The molecule has 0 saturated carbocycles. The van der Waals surface area contributed by atoms with E-state index in [2.05, 4.69) is 10.4 Å². The lowest BCUT2D eigenvalue weighted by atomic mass is 10.2. The van der Waals surface area contributed by atoms with E-state index in [0.29, 0.717) is 5.82 Å². The fourth-order valence-corrected chi connectivity index (χ4v) is 1.79. The number of carbonyl (C=O) groups is 2. The number of carbonyl (C=O) groups excluding carboxylic acids is 1. The predicted octanol–water partition coefficient (Wildman–Crippen LogP) is -0.614. The van der Waals surface area contributed by atoms with Crippen molar-refractivity contribution in [3.05, 3.63) is 36.3 Å². The molecule has 0 saturated heterocycles. The van der Waals surface area contributed by atoms with Crippen LogP contribution in [0.15, 0.2) is 30.7 Å². The third-order valence-corrected chi connectivity index (χ3v) is 2.79. The third kappa shape index (κ3) is 2.54. The van der Waals surface area contributed by atoms with Crippen molar-refractivity contribution < 1.29 is 19.8 Å². The molecule has 1 atom stereocenters. The minimum atomic E-state index is -1.35. The van der Waals surface area contributed by atoms with Gasteiger partial charge in [0, 0.05) is 19.4 Å². The van der Waals surface area contributed by atoms with E-state index in [1.165, 1.54) is 10.9 Å². The number of nitrogens with zero attached hydrogens (tertiary/aromatic N) is 3. The van der Waals surface area contributed by atoms with E-state index in [0.717, 1.165) is 0 Å². The van der Waals surface area contributed by atoms with Crippen molar-refractivity contribution in [3.8, 4) is 5.82 Å². The van der Waals surface area contributed by atoms with Gasteiger partial charge in [-0.2, -0.15) is 5.10 Å². The van der Waals surface area contributed by atoms with Crippen LogP contribution in [0.4, 0.5) is 0 Å². The number of aliphatic carboxylic acids is 1. The van der Waals surface area contributed by atoms with Crippen LogP contribution in [0.25, 0.3) is 5.82 Å². The van der Waals surface area contributed by atoms with Crippen molar-refractivity contribution >= 4 is 11.9 Å². The zero-order chi connectivity index (χ0) is 14.7. The number of nitrogens with one attached hydrogen (secondary N) is 1. The van der Waals surface area contributed by atoms with E-state index in [4.69, 9.17) is 10.2 Å². The molecule has 1 unspecified atom stereocenters. The maximum atomic E-state index is 12.1. The minimum absolute atomic E-state index is 0.225. The van der Waals surface area contributed by atoms with Crippen molar-refractivity contribution in [3.63, 3.8) is 0 Å². The largest absolute Gasteiger partial charge is 0.480 e. The van der Waals surface area contributed by atoms with Crippen molar-refractivity contribution in [2.75, 3.05) is 6.61 Å². The first-order valence-electron chi connectivity index (χ1n) is 5.84. The van der Waals surface area contributed by atoms with Gasteiger partial charge in [0.25, 0.3) is 5.91 Å².